The fourth-order valence-electron chi connectivity index (χ4n) is 1.74. The maximum Gasteiger partial charge on any atom is 0.332 e. The molecule has 0 radical (unpaired) electrons. The number of nitrogens with two attached hydrogens (primary N) is 1. The number of hydrogen-bond acceptors (Lipinski definition) is 4. The zero-order valence-electron chi connectivity index (χ0n) is 10.3. The van der Waals surface area contributed by atoms with E-state index >= 15 is 0 Å². The zero-order chi connectivity index (χ0) is 12.0. The Kier molecular flexibility index (Phi) is 5.77. The molecule has 1 aliphatic rings. The highest BCUT2D eigenvalue weighted by molar-refractivity contribution is 5.70. The molecule has 1 saturated carbocycles. The van der Waals surface area contributed by atoms with Gasteiger partial charge in [-0.05, 0) is 31.6 Å². The van der Waals surface area contributed by atoms with Crippen LogP contribution in [0.3, 0.4) is 0 Å². The first-order chi connectivity index (χ1) is 7.58. The Hall–Kier alpha value is -0.610. The molecule has 0 aromatic rings. The van der Waals surface area contributed by atoms with E-state index in [0.717, 1.165) is 25.7 Å². The lowest BCUT2D eigenvalue weighted by Crippen LogP contribution is -2.31. The molecule has 0 aromatic carbocycles. The normalized spacial score (nSPS) is 25.8. The van der Waals surface area contributed by atoms with E-state index in [4.69, 9.17) is 15.2 Å². The van der Waals surface area contributed by atoms with Crippen LogP contribution in [0.25, 0.3) is 0 Å². The van der Waals surface area contributed by atoms with Gasteiger partial charge in [-0.1, -0.05) is 13.8 Å². The highest BCUT2D eigenvalue weighted by Gasteiger charge is 2.19. The standard InChI is InChI=1S/C12H23NO3/c1-9(2)7-16-12(14)8-15-11-5-3-10(13)4-6-11/h9-11H,3-8,13H2,1-2H3. The quantitative estimate of drug-likeness (QED) is 0.725. The third-order valence-corrected chi connectivity index (χ3v) is 2.73. The van der Waals surface area contributed by atoms with Gasteiger partial charge in [0.25, 0.3) is 0 Å². The Morgan fingerprint density at radius 3 is 2.50 bits per heavy atom. The predicted octanol–water partition coefficient (Wildman–Crippen LogP) is 1.47. The molecule has 1 aliphatic carbocycles. The molecule has 4 heteroatoms. The van der Waals surface area contributed by atoms with Gasteiger partial charge in [0.1, 0.15) is 6.61 Å². The predicted molar refractivity (Wildman–Crippen MR) is 62.0 cm³/mol. The van der Waals surface area contributed by atoms with Crippen molar-refractivity contribution < 1.29 is 14.3 Å². The molecule has 0 aromatic heterocycles. The largest absolute Gasteiger partial charge is 0.464 e. The minimum absolute atomic E-state index is 0.0760. The van der Waals surface area contributed by atoms with Crippen molar-refractivity contribution in [2.75, 3.05) is 13.2 Å². The van der Waals surface area contributed by atoms with Gasteiger partial charge in [0.05, 0.1) is 12.7 Å². The molecule has 0 amide bonds. The van der Waals surface area contributed by atoms with Gasteiger partial charge in [0.15, 0.2) is 0 Å². The summed E-state index contributed by atoms with van der Waals surface area (Å²) in [5, 5.41) is 0. The van der Waals surface area contributed by atoms with E-state index in [2.05, 4.69) is 0 Å². The molecule has 0 atom stereocenters. The van der Waals surface area contributed by atoms with Crippen LogP contribution in [-0.2, 0) is 14.3 Å². The summed E-state index contributed by atoms with van der Waals surface area (Å²) in [6.45, 7) is 4.57. The van der Waals surface area contributed by atoms with Crippen molar-refractivity contribution in [2.45, 2.75) is 51.7 Å². The van der Waals surface area contributed by atoms with E-state index in [-0.39, 0.29) is 18.7 Å². The number of rotatable bonds is 5. The van der Waals surface area contributed by atoms with E-state index in [0.29, 0.717) is 18.6 Å². The molecule has 94 valence electrons. The summed E-state index contributed by atoms with van der Waals surface area (Å²) >= 11 is 0. The highest BCUT2D eigenvalue weighted by Crippen LogP contribution is 2.19. The average molecular weight is 229 g/mol. The Morgan fingerprint density at radius 2 is 1.94 bits per heavy atom. The molecule has 0 aliphatic heterocycles. The lowest BCUT2D eigenvalue weighted by Gasteiger charge is -2.25. The second kappa shape index (κ2) is 6.86. The summed E-state index contributed by atoms with van der Waals surface area (Å²) in [4.78, 5) is 11.3. The number of hydrogen-bond donors (Lipinski definition) is 1. The second-order valence-corrected chi connectivity index (χ2v) is 4.92. The van der Waals surface area contributed by atoms with Gasteiger partial charge in [-0.25, -0.2) is 4.79 Å². The third kappa shape index (κ3) is 5.47. The van der Waals surface area contributed by atoms with Crippen molar-refractivity contribution in [1.29, 1.82) is 0 Å². The van der Waals surface area contributed by atoms with Crippen molar-refractivity contribution in [2.24, 2.45) is 11.7 Å². The molecular formula is C12H23NO3. The Bertz CT molecular complexity index is 210. The number of esters is 1. The van der Waals surface area contributed by atoms with Crippen molar-refractivity contribution >= 4 is 5.97 Å². The summed E-state index contributed by atoms with van der Waals surface area (Å²) < 4.78 is 10.5. The fraction of sp³-hybridized carbons (Fsp3) is 0.917. The summed E-state index contributed by atoms with van der Waals surface area (Å²) in [6.07, 6.45) is 4.08. The van der Waals surface area contributed by atoms with Gasteiger partial charge in [0.2, 0.25) is 0 Å². The Balaban J connectivity index is 2.07. The van der Waals surface area contributed by atoms with E-state index in [9.17, 15) is 4.79 Å². The molecule has 0 spiro atoms. The summed E-state index contributed by atoms with van der Waals surface area (Å²) in [5.41, 5.74) is 5.79. The number of carbonyl (C=O) groups is 1. The van der Waals surface area contributed by atoms with Crippen LogP contribution < -0.4 is 5.73 Å². The van der Waals surface area contributed by atoms with Crippen LogP contribution in [0.15, 0.2) is 0 Å². The van der Waals surface area contributed by atoms with Crippen molar-refractivity contribution in [1.82, 2.24) is 0 Å². The van der Waals surface area contributed by atoms with Crippen molar-refractivity contribution in [3.8, 4) is 0 Å². The van der Waals surface area contributed by atoms with Gasteiger partial charge in [-0.2, -0.15) is 0 Å². The SMILES string of the molecule is CC(C)COC(=O)COC1CCC(N)CC1. The number of carbonyl (C=O) groups excluding carboxylic acids is 1. The summed E-state index contributed by atoms with van der Waals surface area (Å²) in [7, 11) is 0. The van der Waals surface area contributed by atoms with Crippen molar-refractivity contribution in [3.05, 3.63) is 0 Å². The van der Waals surface area contributed by atoms with E-state index in [1.54, 1.807) is 0 Å². The van der Waals surface area contributed by atoms with Crippen molar-refractivity contribution in [3.63, 3.8) is 0 Å². The topological polar surface area (TPSA) is 61.5 Å². The molecule has 1 rings (SSSR count). The molecule has 2 N–H and O–H groups in total. The van der Waals surface area contributed by atoms with Gasteiger partial charge < -0.3 is 15.2 Å². The zero-order valence-corrected chi connectivity index (χ0v) is 10.3. The fourth-order valence-corrected chi connectivity index (χ4v) is 1.74. The van der Waals surface area contributed by atoms with Crippen LogP contribution in [0.2, 0.25) is 0 Å². The van der Waals surface area contributed by atoms with Crippen LogP contribution in [0, 0.1) is 5.92 Å². The first-order valence-electron chi connectivity index (χ1n) is 6.10. The molecule has 0 saturated heterocycles. The van der Waals surface area contributed by atoms with E-state index in [1.165, 1.54) is 0 Å². The van der Waals surface area contributed by atoms with Gasteiger partial charge in [-0.3, -0.25) is 0 Å². The van der Waals surface area contributed by atoms with Crippen LogP contribution in [0.5, 0.6) is 0 Å². The first-order valence-corrected chi connectivity index (χ1v) is 6.10. The summed E-state index contributed by atoms with van der Waals surface area (Å²) in [6, 6.07) is 0.313. The average Bonchev–Trinajstić information content (AvgIpc) is 2.25. The molecule has 0 bridgehead atoms. The van der Waals surface area contributed by atoms with E-state index in [1.807, 2.05) is 13.8 Å². The maximum atomic E-state index is 11.3. The minimum Gasteiger partial charge on any atom is -0.464 e. The van der Waals surface area contributed by atoms with Crippen LogP contribution in [0.4, 0.5) is 0 Å². The molecule has 0 heterocycles. The molecule has 4 nitrogen and oxygen atoms in total. The molecular weight excluding hydrogens is 206 g/mol. The molecule has 16 heavy (non-hydrogen) atoms. The summed E-state index contributed by atoms with van der Waals surface area (Å²) in [5.74, 6) is 0.111. The molecule has 0 unspecified atom stereocenters. The van der Waals surface area contributed by atoms with Crippen LogP contribution in [-0.4, -0.2) is 31.3 Å². The number of ether oxygens (including phenoxy) is 2. The smallest absolute Gasteiger partial charge is 0.332 e. The molecule has 1 fully saturated rings. The van der Waals surface area contributed by atoms with Gasteiger partial charge >= 0.3 is 5.97 Å². The van der Waals surface area contributed by atoms with Crippen LogP contribution >= 0.6 is 0 Å². The lowest BCUT2D eigenvalue weighted by atomic mass is 9.94. The monoisotopic (exact) mass is 229 g/mol. The third-order valence-electron chi connectivity index (χ3n) is 2.73. The Morgan fingerprint density at radius 1 is 1.31 bits per heavy atom. The van der Waals surface area contributed by atoms with Crippen LogP contribution in [0.1, 0.15) is 39.5 Å². The Labute approximate surface area is 97.5 Å². The lowest BCUT2D eigenvalue weighted by molar-refractivity contribution is -0.152. The van der Waals surface area contributed by atoms with Gasteiger partial charge in [0, 0.05) is 6.04 Å². The van der Waals surface area contributed by atoms with Gasteiger partial charge in [-0.15, -0.1) is 0 Å². The minimum atomic E-state index is -0.261. The second-order valence-electron chi connectivity index (χ2n) is 4.92. The maximum absolute atomic E-state index is 11.3. The first kappa shape index (κ1) is 13.5. The van der Waals surface area contributed by atoms with E-state index < -0.39 is 0 Å². The highest BCUT2D eigenvalue weighted by atomic mass is 16.6.